The van der Waals surface area contributed by atoms with Crippen molar-refractivity contribution in [1.82, 2.24) is 0 Å². The third-order valence-corrected chi connectivity index (χ3v) is 4.07. The van der Waals surface area contributed by atoms with Crippen molar-refractivity contribution in [2.24, 2.45) is 11.8 Å². The van der Waals surface area contributed by atoms with E-state index in [9.17, 15) is 5.11 Å². The predicted octanol–water partition coefficient (Wildman–Crippen LogP) is 1.88. The monoisotopic (exact) mass is 242 g/mol. The first kappa shape index (κ1) is 15.0. The van der Waals surface area contributed by atoms with E-state index >= 15 is 0 Å². The molecule has 2 heteroatoms. The maximum Gasteiger partial charge on any atom is 0.101 e. The van der Waals surface area contributed by atoms with Gasteiger partial charge in [-0.2, -0.15) is 0 Å². The van der Waals surface area contributed by atoms with Crippen LogP contribution in [0.15, 0.2) is 0 Å². The normalized spacial score (nSPS) is 27.0. The Bertz CT molecular complexity index is 185. The molecule has 0 unspecified atom stereocenters. The molecule has 0 aromatic rings. The molecule has 0 aromatic heterocycles. The van der Waals surface area contributed by atoms with Crippen LogP contribution in [0.1, 0.15) is 59.8 Å². The minimum absolute atomic E-state index is 0.346. The van der Waals surface area contributed by atoms with Crippen LogP contribution in [-0.2, 0) is 0 Å². The van der Waals surface area contributed by atoms with Gasteiger partial charge in [0.25, 0.3) is 0 Å². The van der Waals surface area contributed by atoms with E-state index < -0.39 is 0 Å². The molecular formula is C15H32NO+. The Morgan fingerprint density at radius 3 is 1.82 bits per heavy atom. The van der Waals surface area contributed by atoms with Gasteiger partial charge in [0.2, 0.25) is 0 Å². The first-order chi connectivity index (χ1) is 8.04. The zero-order valence-corrected chi connectivity index (χ0v) is 12.2. The Hall–Kier alpha value is -0.0800. The molecule has 1 aliphatic rings. The summed E-state index contributed by atoms with van der Waals surface area (Å²) in [6, 6.07) is 1.58. The Labute approximate surface area is 107 Å². The lowest BCUT2D eigenvalue weighted by Gasteiger charge is -2.40. The van der Waals surface area contributed by atoms with Gasteiger partial charge in [-0.05, 0) is 31.1 Å². The van der Waals surface area contributed by atoms with Gasteiger partial charge in [0.1, 0.15) is 6.54 Å². The van der Waals surface area contributed by atoms with Crippen LogP contribution in [0.4, 0.5) is 0 Å². The largest absolute Gasteiger partial charge is 0.391 e. The lowest BCUT2D eigenvalue weighted by atomic mass is 9.87. The first-order valence-corrected chi connectivity index (χ1v) is 7.51. The van der Waals surface area contributed by atoms with Gasteiger partial charge in [-0.25, -0.2) is 0 Å². The van der Waals surface area contributed by atoms with Gasteiger partial charge in [0.15, 0.2) is 0 Å². The molecule has 0 amide bonds. The average molecular weight is 242 g/mol. The highest BCUT2D eigenvalue weighted by molar-refractivity contribution is 4.71. The number of aliphatic hydroxyl groups is 1. The van der Waals surface area contributed by atoms with Gasteiger partial charge < -0.3 is 10.0 Å². The Balaban J connectivity index is 2.62. The van der Waals surface area contributed by atoms with Gasteiger partial charge in [0.05, 0.1) is 18.7 Å². The molecule has 1 heterocycles. The molecule has 102 valence electrons. The maximum atomic E-state index is 9.30. The molecule has 0 aromatic carbocycles. The van der Waals surface area contributed by atoms with Gasteiger partial charge in [0, 0.05) is 12.8 Å². The molecule has 0 saturated carbocycles. The van der Waals surface area contributed by atoms with Crippen LogP contribution in [0.25, 0.3) is 0 Å². The van der Waals surface area contributed by atoms with Crippen molar-refractivity contribution < 1.29 is 10.0 Å². The molecule has 0 spiro atoms. The lowest BCUT2D eigenvalue weighted by molar-refractivity contribution is -0.956. The molecule has 1 saturated heterocycles. The van der Waals surface area contributed by atoms with Crippen LogP contribution < -0.4 is 4.90 Å². The highest BCUT2D eigenvalue weighted by Crippen LogP contribution is 2.18. The third-order valence-electron chi connectivity index (χ3n) is 4.07. The topological polar surface area (TPSA) is 24.7 Å². The minimum atomic E-state index is 0.346. The second kappa shape index (κ2) is 7.38. The van der Waals surface area contributed by atoms with Crippen LogP contribution >= 0.6 is 0 Å². The maximum absolute atomic E-state index is 9.30. The van der Waals surface area contributed by atoms with Gasteiger partial charge in [-0.3, -0.25) is 0 Å². The fourth-order valence-corrected chi connectivity index (χ4v) is 3.53. The van der Waals surface area contributed by atoms with E-state index in [2.05, 4.69) is 27.7 Å². The molecule has 0 bridgehead atoms. The quantitative estimate of drug-likeness (QED) is 0.730. The van der Waals surface area contributed by atoms with Crippen molar-refractivity contribution >= 4 is 0 Å². The van der Waals surface area contributed by atoms with Crippen molar-refractivity contribution in [3.8, 4) is 0 Å². The van der Waals surface area contributed by atoms with Crippen LogP contribution in [0.3, 0.4) is 0 Å². The smallest absolute Gasteiger partial charge is 0.101 e. The van der Waals surface area contributed by atoms with E-state index in [4.69, 9.17) is 0 Å². The summed E-state index contributed by atoms with van der Waals surface area (Å²) < 4.78 is 0. The number of hydrogen-bond donors (Lipinski definition) is 2. The standard InChI is InChI=1S/C15H31NO/c1-12(2)10-14-6-5-7-15(11-13(3)4)16(14)8-9-17/h12-15,17H,5-11H2,1-4H3/p+1/t14-,15-/m1/s1. The van der Waals surface area contributed by atoms with Crippen LogP contribution in [0.2, 0.25) is 0 Å². The summed E-state index contributed by atoms with van der Waals surface area (Å²) in [5.74, 6) is 1.57. The summed E-state index contributed by atoms with van der Waals surface area (Å²) in [6.07, 6.45) is 6.77. The molecule has 0 aliphatic carbocycles. The van der Waals surface area contributed by atoms with Crippen LogP contribution in [0.5, 0.6) is 0 Å². The van der Waals surface area contributed by atoms with E-state index in [-0.39, 0.29) is 0 Å². The van der Waals surface area contributed by atoms with Gasteiger partial charge in [-0.15, -0.1) is 0 Å². The third kappa shape index (κ3) is 4.97. The molecule has 1 aliphatic heterocycles. The van der Waals surface area contributed by atoms with Crippen molar-refractivity contribution in [3.05, 3.63) is 0 Å². The minimum Gasteiger partial charge on any atom is -0.391 e. The van der Waals surface area contributed by atoms with Crippen molar-refractivity contribution in [2.45, 2.75) is 71.9 Å². The summed E-state index contributed by atoms with van der Waals surface area (Å²) in [5, 5.41) is 9.30. The number of piperidine rings is 1. The van der Waals surface area contributed by atoms with E-state index in [0.29, 0.717) is 6.61 Å². The van der Waals surface area contributed by atoms with E-state index in [1.165, 1.54) is 32.1 Å². The zero-order valence-electron chi connectivity index (χ0n) is 12.2. The predicted molar refractivity (Wildman–Crippen MR) is 73.3 cm³/mol. The summed E-state index contributed by atoms with van der Waals surface area (Å²) in [6.45, 7) is 10.6. The summed E-state index contributed by atoms with van der Waals surface area (Å²) >= 11 is 0. The number of quaternary nitrogens is 1. The molecule has 2 N–H and O–H groups in total. The van der Waals surface area contributed by atoms with Crippen molar-refractivity contribution in [1.29, 1.82) is 0 Å². The number of nitrogens with one attached hydrogen (secondary N) is 1. The number of hydrogen-bond acceptors (Lipinski definition) is 1. The number of rotatable bonds is 6. The van der Waals surface area contributed by atoms with E-state index in [1.54, 1.807) is 4.90 Å². The fourth-order valence-electron chi connectivity index (χ4n) is 3.53. The van der Waals surface area contributed by atoms with E-state index in [0.717, 1.165) is 30.5 Å². The molecule has 1 fully saturated rings. The zero-order chi connectivity index (χ0) is 12.8. The average Bonchev–Trinajstić information content (AvgIpc) is 2.21. The Kier molecular flexibility index (Phi) is 6.50. The Morgan fingerprint density at radius 2 is 1.47 bits per heavy atom. The first-order valence-electron chi connectivity index (χ1n) is 7.51. The molecule has 2 atom stereocenters. The molecule has 1 rings (SSSR count). The van der Waals surface area contributed by atoms with Crippen molar-refractivity contribution in [2.75, 3.05) is 13.2 Å². The number of aliphatic hydroxyl groups excluding tert-OH is 1. The highest BCUT2D eigenvalue weighted by Gasteiger charge is 2.34. The van der Waals surface area contributed by atoms with Crippen LogP contribution in [0, 0.1) is 11.8 Å². The summed E-state index contributed by atoms with van der Waals surface area (Å²) in [5.41, 5.74) is 0. The summed E-state index contributed by atoms with van der Waals surface area (Å²) in [4.78, 5) is 1.70. The second-order valence-electron chi connectivity index (χ2n) is 6.63. The Morgan fingerprint density at radius 1 is 1.00 bits per heavy atom. The van der Waals surface area contributed by atoms with Gasteiger partial charge in [-0.1, -0.05) is 27.7 Å². The lowest BCUT2D eigenvalue weighted by Crippen LogP contribution is -3.20. The van der Waals surface area contributed by atoms with Gasteiger partial charge >= 0.3 is 0 Å². The number of likely N-dealkylation sites (tertiary alicyclic amines) is 1. The van der Waals surface area contributed by atoms with Crippen LogP contribution in [-0.4, -0.2) is 30.3 Å². The molecule has 2 nitrogen and oxygen atoms in total. The second-order valence-corrected chi connectivity index (χ2v) is 6.63. The fraction of sp³-hybridized carbons (Fsp3) is 1.00. The highest BCUT2D eigenvalue weighted by atomic mass is 16.3. The molecule has 17 heavy (non-hydrogen) atoms. The molecule has 0 radical (unpaired) electrons. The SMILES string of the molecule is CC(C)C[C@H]1CCC[C@H](CC(C)C)[NH+]1CCO. The molecular weight excluding hydrogens is 210 g/mol. The van der Waals surface area contributed by atoms with Crippen molar-refractivity contribution in [3.63, 3.8) is 0 Å². The summed E-state index contributed by atoms with van der Waals surface area (Å²) in [7, 11) is 0. The van der Waals surface area contributed by atoms with E-state index in [1.807, 2.05) is 0 Å².